The summed E-state index contributed by atoms with van der Waals surface area (Å²) in [5, 5.41) is 0. The Morgan fingerprint density at radius 2 is 2.31 bits per heavy atom. The fraction of sp³-hybridized carbons (Fsp3) is 0.909. The second-order valence-electron chi connectivity index (χ2n) is 4.56. The average Bonchev–Trinajstić information content (AvgIpc) is 2.30. The van der Waals surface area contributed by atoms with Crippen molar-refractivity contribution < 1.29 is 0 Å². The predicted molar refractivity (Wildman–Crippen MR) is 68.2 cm³/mol. The number of guanidine groups is 1. The quantitative estimate of drug-likeness (QED) is 0.314. The first kappa shape index (κ1) is 13.3. The average molecular weight is 227 g/mol. The van der Waals surface area contributed by atoms with Gasteiger partial charge in [0.2, 0.25) is 5.96 Å². The first-order valence-electron chi connectivity index (χ1n) is 6.11. The molecule has 1 saturated heterocycles. The highest BCUT2D eigenvalue weighted by molar-refractivity contribution is 5.79. The van der Waals surface area contributed by atoms with Crippen molar-refractivity contribution in [3.63, 3.8) is 0 Å². The molecule has 0 amide bonds. The van der Waals surface area contributed by atoms with Gasteiger partial charge in [-0.05, 0) is 33.4 Å². The van der Waals surface area contributed by atoms with E-state index in [-0.39, 0.29) is 0 Å². The molecule has 16 heavy (non-hydrogen) atoms. The lowest BCUT2D eigenvalue weighted by Crippen LogP contribution is -2.53. The van der Waals surface area contributed by atoms with E-state index < -0.39 is 0 Å². The van der Waals surface area contributed by atoms with Crippen molar-refractivity contribution in [2.45, 2.75) is 32.2 Å². The van der Waals surface area contributed by atoms with Crippen LogP contribution in [0.25, 0.3) is 0 Å². The van der Waals surface area contributed by atoms with Crippen LogP contribution in [0.2, 0.25) is 0 Å². The summed E-state index contributed by atoms with van der Waals surface area (Å²) in [5.41, 5.74) is 2.72. The van der Waals surface area contributed by atoms with E-state index in [1.54, 1.807) is 0 Å². The number of aliphatic imine (C=N–C) groups is 1. The molecule has 1 atom stereocenters. The summed E-state index contributed by atoms with van der Waals surface area (Å²) in [7, 11) is 4.26. The summed E-state index contributed by atoms with van der Waals surface area (Å²) < 4.78 is 0. The Hall–Kier alpha value is -0.810. The molecule has 1 unspecified atom stereocenters. The number of hydrogen-bond donors (Lipinski definition) is 2. The van der Waals surface area contributed by atoms with E-state index in [1.165, 1.54) is 12.8 Å². The molecule has 1 aliphatic rings. The van der Waals surface area contributed by atoms with Gasteiger partial charge in [-0.1, -0.05) is 6.92 Å². The first-order valence-corrected chi connectivity index (χ1v) is 6.11. The van der Waals surface area contributed by atoms with Gasteiger partial charge >= 0.3 is 0 Å². The lowest BCUT2D eigenvalue weighted by Gasteiger charge is -2.37. The Kier molecular flexibility index (Phi) is 5.55. The molecular weight excluding hydrogens is 202 g/mol. The van der Waals surface area contributed by atoms with Crippen LogP contribution in [-0.2, 0) is 0 Å². The molecule has 0 spiro atoms. The van der Waals surface area contributed by atoms with E-state index in [0.717, 1.165) is 32.0 Å². The molecule has 94 valence electrons. The standard InChI is InChI=1S/C11H25N5/c1-4-7-13-11(14-12)16-8-5-6-10(9-16)15(2)3/h10H,4-9,12H2,1-3H3,(H,13,14). The Morgan fingerprint density at radius 3 is 2.88 bits per heavy atom. The number of piperidine rings is 1. The Bertz CT molecular complexity index is 226. The third-order valence-corrected chi connectivity index (χ3v) is 3.04. The third kappa shape index (κ3) is 3.64. The summed E-state index contributed by atoms with van der Waals surface area (Å²) in [5.74, 6) is 6.37. The predicted octanol–water partition coefficient (Wildman–Crippen LogP) is 0.242. The van der Waals surface area contributed by atoms with E-state index in [2.05, 4.69) is 41.2 Å². The number of nitrogens with zero attached hydrogens (tertiary/aromatic N) is 3. The van der Waals surface area contributed by atoms with Crippen LogP contribution < -0.4 is 11.3 Å². The van der Waals surface area contributed by atoms with Crippen molar-refractivity contribution >= 4 is 5.96 Å². The lowest BCUT2D eigenvalue weighted by molar-refractivity contribution is 0.181. The van der Waals surface area contributed by atoms with Crippen molar-refractivity contribution in [2.75, 3.05) is 33.7 Å². The van der Waals surface area contributed by atoms with Crippen LogP contribution in [0.15, 0.2) is 4.99 Å². The van der Waals surface area contributed by atoms with Gasteiger partial charge in [-0.25, -0.2) is 5.84 Å². The van der Waals surface area contributed by atoms with Crippen molar-refractivity contribution in [1.29, 1.82) is 0 Å². The zero-order valence-electron chi connectivity index (χ0n) is 10.7. The Morgan fingerprint density at radius 1 is 1.56 bits per heavy atom. The monoisotopic (exact) mass is 227 g/mol. The number of rotatable bonds is 3. The zero-order chi connectivity index (χ0) is 12.0. The summed E-state index contributed by atoms with van der Waals surface area (Å²) in [6.07, 6.45) is 3.51. The van der Waals surface area contributed by atoms with Gasteiger partial charge < -0.3 is 9.80 Å². The maximum Gasteiger partial charge on any atom is 0.208 e. The molecule has 0 saturated carbocycles. The number of likely N-dealkylation sites (tertiary alicyclic amines) is 1. The summed E-state index contributed by atoms with van der Waals surface area (Å²) >= 11 is 0. The van der Waals surface area contributed by atoms with Gasteiger partial charge in [-0.2, -0.15) is 0 Å². The number of hydrogen-bond acceptors (Lipinski definition) is 3. The zero-order valence-corrected chi connectivity index (χ0v) is 10.7. The molecule has 0 aromatic carbocycles. The summed E-state index contributed by atoms with van der Waals surface area (Å²) in [6, 6.07) is 0.605. The molecule has 0 bridgehead atoms. The number of hydrazine groups is 1. The van der Waals surface area contributed by atoms with Crippen molar-refractivity contribution in [1.82, 2.24) is 15.2 Å². The Labute approximate surface area is 98.7 Å². The number of likely N-dealkylation sites (N-methyl/N-ethyl adjacent to an activating group) is 1. The SMILES string of the molecule is CCCN=C(NN)N1CCCC(N(C)C)C1. The molecular formula is C11H25N5. The van der Waals surface area contributed by atoms with Gasteiger partial charge in [0.15, 0.2) is 0 Å². The highest BCUT2D eigenvalue weighted by Gasteiger charge is 2.23. The fourth-order valence-corrected chi connectivity index (χ4v) is 2.02. The van der Waals surface area contributed by atoms with Crippen LogP contribution >= 0.6 is 0 Å². The van der Waals surface area contributed by atoms with Gasteiger partial charge in [-0.3, -0.25) is 10.4 Å². The van der Waals surface area contributed by atoms with Crippen LogP contribution in [0.4, 0.5) is 0 Å². The van der Waals surface area contributed by atoms with Gasteiger partial charge in [0.05, 0.1) is 0 Å². The maximum atomic E-state index is 5.53. The van der Waals surface area contributed by atoms with Crippen LogP contribution in [0.5, 0.6) is 0 Å². The Balaban J connectivity index is 2.56. The molecule has 1 heterocycles. The molecule has 1 fully saturated rings. The summed E-state index contributed by atoms with van der Waals surface area (Å²) in [4.78, 5) is 9.00. The van der Waals surface area contributed by atoms with E-state index >= 15 is 0 Å². The molecule has 1 aliphatic heterocycles. The molecule has 1 rings (SSSR count). The van der Waals surface area contributed by atoms with Crippen LogP contribution in [0.1, 0.15) is 26.2 Å². The van der Waals surface area contributed by atoms with E-state index in [0.29, 0.717) is 6.04 Å². The van der Waals surface area contributed by atoms with Crippen molar-refractivity contribution in [3.05, 3.63) is 0 Å². The van der Waals surface area contributed by atoms with Crippen molar-refractivity contribution in [2.24, 2.45) is 10.8 Å². The normalized spacial score (nSPS) is 22.7. The van der Waals surface area contributed by atoms with Crippen LogP contribution in [-0.4, -0.2) is 55.5 Å². The topological polar surface area (TPSA) is 56.9 Å². The minimum Gasteiger partial charge on any atom is -0.340 e. The largest absolute Gasteiger partial charge is 0.340 e. The highest BCUT2D eigenvalue weighted by atomic mass is 15.4. The van der Waals surface area contributed by atoms with E-state index in [4.69, 9.17) is 5.84 Å². The first-order chi connectivity index (χ1) is 7.69. The van der Waals surface area contributed by atoms with Gasteiger partial charge in [-0.15, -0.1) is 0 Å². The lowest BCUT2D eigenvalue weighted by atomic mass is 10.1. The van der Waals surface area contributed by atoms with E-state index in [9.17, 15) is 0 Å². The third-order valence-electron chi connectivity index (χ3n) is 3.04. The smallest absolute Gasteiger partial charge is 0.208 e. The minimum absolute atomic E-state index is 0.605. The van der Waals surface area contributed by atoms with Crippen molar-refractivity contribution in [3.8, 4) is 0 Å². The molecule has 0 aliphatic carbocycles. The van der Waals surface area contributed by atoms with Crippen LogP contribution in [0.3, 0.4) is 0 Å². The van der Waals surface area contributed by atoms with E-state index in [1.807, 2.05) is 0 Å². The highest BCUT2D eigenvalue weighted by Crippen LogP contribution is 2.13. The molecule has 0 aromatic rings. The second kappa shape index (κ2) is 6.70. The van der Waals surface area contributed by atoms with Gasteiger partial charge in [0.25, 0.3) is 0 Å². The number of nitrogens with two attached hydrogens (primary N) is 1. The fourth-order valence-electron chi connectivity index (χ4n) is 2.02. The molecule has 0 radical (unpaired) electrons. The maximum absolute atomic E-state index is 5.53. The van der Waals surface area contributed by atoms with Crippen LogP contribution in [0, 0.1) is 0 Å². The molecule has 5 nitrogen and oxygen atoms in total. The minimum atomic E-state index is 0.605. The molecule has 0 aromatic heterocycles. The molecule has 5 heteroatoms. The van der Waals surface area contributed by atoms with Gasteiger partial charge in [0, 0.05) is 25.7 Å². The molecule has 3 N–H and O–H groups in total. The second-order valence-corrected chi connectivity index (χ2v) is 4.56. The number of nitrogens with one attached hydrogen (secondary N) is 1. The summed E-state index contributed by atoms with van der Waals surface area (Å²) in [6.45, 7) is 5.02. The van der Waals surface area contributed by atoms with Gasteiger partial charge in [0.1, 0.15) is 0 Å².